The highest BCUT2D eigenvalue weighted by molar-refractivity contribution is 7.98. The van der Waals surface area contributed by atoms with Crippen LogP contribution >= 0.6 is 11.8 Å². The predicted molar refractivity (Wildman–Crippen MR) is 108 cm³/mol. The van der Waals surface area contributed by atoms with E-state index in [9.17, 15) is 33.9 Å². The average Bonchev–Trinajstić information content (AvgIpc) is 2.67. The summed E-state index contributed by atoms with van der Waals surface area (Å²) >= 11 is 1.33. The molecule has 0 aromatic heterocycles. The van der Waals surface area contributed by atoms with Crippen LogP contribution in [-0.4, -0.2) is 93.7 Å². The highest BCUT2D eigenvalue weighted by atomic mass is 32.2. The SMILES string of the molecule is CSCCC(NC(=O)C(CC(=O)O)NC(=O)C(CC(N)=O)NC(=O)C(N)CO)C(=O)O. The molecule has 0 aromatic carbocycles. The van der Waals surface area contributed by atoms with Crippen LogP contribution in [0.25, 0.3) is 0 Å². The molecule has 0 aliphatic rings. The van der Waals surface area contributed by atoms with Crippen molar-refractivity contribution >= 4 is 47.3 Å². The van der Waals surface area contributed by atoms with Crippen molar-refractivity contribution in [2.75, 3.05) is 18.6 Å². The van der Waals surface area contributed by atoms with Gasteiger partial charge in [0.15, 0.2) is 0 Å². The number of hydrogen-bond donors (Lipinski definition) is 8. The molecule has 0 radical (unpaired) electrons. The Morgan fingerprint density at radius 2 is 1.35 bits per heavy atom. The third kappa shape index (κ3) is 11.2. The first kappa shape index (κ1) is 28.1. The smallest absolute Gasteiger partial charge is 0.326 e. The number of aliphatic hydroxyl groups excluding tert-OH is 1. The maximum absolute atomic E-state index is 12.5. The number of carbonyl (C=O) groups is 6. The fourth-order valence-electron chi connectivity index (χ4n) is 2.19. The molecule has 0 rings (SSSR count). The number of aliphatic hydroxyl groups is 1. The van der Waals surface area contributed by atoms with Gasteiger partial charge in [-0.1, -0.05) is 0 Å². The van der Waals surface area contributed by atoms with E-state index >= 15 is 0 Å². The summed E-state index contributed by atoms with van der Waals surface area (Å²) in [5, 5.41) is 33.4. The van der Waals surface area contributed by atoms with Crippen molar-refractivity contribution in [3.05, 3.63) is 0 Å². The fraction of sp³-hybridized carbons (Fsp3) is 0.625. The summed E-state index contributed by atoms with van der Waals surface area (Å²) in [4.78, 5) is 70.3. The van der Waals surface area contributed by atoms with E-state index in [-0.39, 0.29) is 6.42 Å². The fourth-order valence-corrected chi connectivity index (χ4v) is 2.67. The van der Waals surface area contributed by atoms with E-state index in [4.69, 9.17) is 21.7 Å². The lowest BCUT2D eigenvalue weighted by Gasteiger charge is -2.23. The molecule has 10 N–H and O–H groups in total. The Labute approximate surface area is 181 Å². The third-order valence-electron chi connectivity index (χ3n) is 3.81. The Morgan fingerprint density at radius 1 is 0.871 bits per heavy atom. The number of primary amides is 1. The monoisotopic (exact) mass is 465 g/mol. The van der Waals surface area contributed by atoms with E-state index in [0.29, 0.717) is 5.75 Å². The van der Waals surface area contributed by atoms with Gasteiger partial charge in [-0.2, -0.15) is 11.8 Å². The summed E-state index contributed by atoms with van der Waals surface area (Å²) in [6, 6.07) is -6.05. The van der Waals surface area contributed by atoms with Crippen LogP contribution in [0.15, 0.2) is 0 Å². The summed E-state index contributed by atoms with van der Waals surface area (Å²) in [5.74, 6) is -6.64. The molecule has 14 nitrogen and oxygen atoms in total. The van der Waals surface area contributed by atoms with Crippen molar-refractivity contribution in [2.24, 2.45) is 11.5 Å². The molecule has 15 heteroatoms. The van der Waals surface area contributed by atoms with Crippen molar-refractivity contribution in [1.82, 2.24) is 16.0 Å². The second kappa shape index (κ2) is 14.2. The van der Waals surface area contributed by atoms with E-state index < -0.39 is 79.2 Å². The number of amides is 4. The van der Waals surface area contributed by atoms with Crippen LogP contribution in [-0.2, 0) is 28.8 Å². The number of carbonyl (C=O) groups excluding carboxylic acids is 4. The van der Waals surface area contributed by atoms with E-state index in [2.05, 4.69) is 16.0 Å². The molecule has 31 heavy (non-hydrogen) atoms. The lowest BCUT2D eigenvalue weighted by atomic mass is 10.1. The number of carboxylic acids is 2. The molecule has 0 fully saturated rings. The average molecular weight is 465 g/mol. The van der Waals surface area contributed by atoms with Gasteiger partial charge in [0.1, 0.15) is 24.2 Å². The predicted octanol–water partition coefficient (Wildman–Crippen LogP) is -4.05. The zero-order valence-corrected chi connectivity index (χ0v) is 17.5. The molecule has 176 valence electrons. The van der Waals surface area contributed by atoms with Crippen molar-refractivity contribution in [2.45, 2.75) is 43.4 Å². The second-order valence-corrected chi connectivity index (χ2v) is 7.35. The van der Waals surface area contributed by atoms with Crippen LogP contribution in [0, 0.1) is 0 Å². The molecule has 0 aliphatic heterocycles. The molecule has 4 amide bonds. The quantitative estimate of drug-likeness (QED) is 0.115. The molecule has 0 saturated carbocycles. The Hall–Kier alpha value is -2.91. The first-order valence-corrected chi connectivity index (χ1v) is 10.3. The van der Waals surface area contributed by atoms with E-state index in [1.807, 2.05) is 0 Å². The highest BCUT2D eigenvalue weighted by Crippen LogP contribution is 2.04. The van der Waals surface area contributed by atoms with Crippen molar-refractivity contribution in [3.63, 3.8) is 0 Å². The van der Waals surface area contributed by atoms with E-state index in [0.717, 1.165) is 0 Å². The molecular weight excluding hydrogens is 438 g/mol. The van der Waals surface area contributed by atoms with Gasteiger partial charge in [0.25, 0.3) is 0 Å². The molecular formula is C16H27N5O9S. The maximum Gasteiger partial charge on any atom is 0.326 e. The number of hydrogen-bond acceptors (Lipinski definition) is 9. The molecule has 0 aromatic rings. The van der Waals surface area contributed by atoms with Gasteiger partial charge in [-0.3, -0.25) is 24.0 Å². The summed E-state index contributed by atoms with van der Waals surface area (Å²) in [5.41, 5.74) is 10.4. The molecule has 4 atom stereocenters. The van der Waals surface area contributed by atoms with Crippen LogP contribution in [0.1, 0.15) is 19.3 Å². The number of carboxylic acid groups (broad SMARTS) is 2. The topological polar surface area (TPSA) is 251 Å². The summed E-state index contributed by atoms with van der Waals surface area (Å²) in [6.45, 7) is -0.757. The number of rotatable bonds is 15. The first-order chi connectivity index (χ1) is 14.4. The number of aliphatic carboxylic acids is 2. The second-order valence-electron chi connectivity index (χ2n) is 6.36. The van der Waals surface area contributed by atoms with Crippen LogP contribution in [0.2, 0.25) is 0 Å². The summed E-state index contributed by atoms with van der Waals surface area (Å²) in [7, 11) is 0. The zero-order valence-electron chi connectivity index (χ0n) is 16.7. The van der Waals surface area contributed by atoms with Gasteiger partial charge in [0.05, 0.1) is 19.4 Å². The molecule has 4 unspecified atom stereocenters. The summed E-state index contributed by atoms with van der Waals surface area (Å²) in [6.07, 6.45) is 0.169. The first-order valence-electron chi connectivity index (χ1n) is 8.92. The van der Waals surface area contributed by atoms with Crippen LogP contribution in [0.5, 0.6) is 0 Å². The molecule has 0 heterocycles. The minimum absolute atomic E-state index is 0.0510. The zero-order chi connectivity index (χ0) is 24.1. The van der Waals surface area contributed by atoms with Crippen molar-refractivity contribution < 1.29 is 44.1 Å². The standard InChI is InChI=1S/C16H27N5O9S/c1-31-3-2-8(16(29)30)19-15(28)10(5-12(24)25)21-14(27)9(4-11(18)23)20-13(26)7(17)6-22/h7-10,22H,2-6,17H2,1H3,(H2,18,23)(H,19,28)(H,20,26)(H,21,27)(H,24,25)(H,29,30). The van der Waals surface area contributed by atoms with Gasteiger partial charge < -0.3 is 42.7 Å². The minimum atomic E-state index is -1.71. The Kier molecular flexibility index (Phi) is 12.8. The van der Waals surface area contributed by atoms with E-state index in [1.165, 1.54) is 11.8 Å². The Bertz CT molecular complexity index is 690. The number of thioether (sulfide) groups is 1. The van der Waals surface area contributed by atoms with Crippen molar-refractivity contribution in [3.8, 4) is 0 Å². The number of nitrogens with one attached hydrogen (secondary N) is 3. The van der Waals surface area contributed by atoms with Gasteiger partial charge >= 0.3 is 11.9 Å². The third-order valence-corrected chi connectivity index (χ3v) is 4.45. The van der Waals surface area contributed by atoms with Crippen LogP contribution in [0.4, 0.5) is 0 Å². The van der Waals surface area contributed by atoms with Crippen molar-refractivity contribution in [1.29, 1.82) is 0 Å². The maximum atomic E-state index is 12.5. The molecule has 0 spiro atoms. The molecule has 0 aliphatic carbocycles. The highest BCUT2D eigenvalue weighted by Gasteiger charge is 2.32. The Balaban J connectivity index is 5.46. The van der Waals surface area contributed by atoms with Gasteiger partial charge in [-0.25, -0.2) is 4.79 Å². The van der Waals surface area contributed by atoms with Crippen LogP contribution < -0.4 is 27.4 Å². The van der Waals surface area contributed by atoms with Gasteiger partial charge in [-0.15, -0.1) is 0 Å². The lowest BCUT2D eigenvalue weighted by Crippen LogP contribution is -2.58. The van der Waals surface area contributed by atoms with E-state index in [1.54, 1.807) is 6.26 Å². The normalized spacial score (nSPS) is 14.4. The summed E-state index contributed by atoms with van der Waals surface area (Å²) < 4.78 is 0. The molecule has 0 bridgehead atoms. The largest absolute Gasteiger partial charge is 0.481 e. The Morgan fingerprint density at radius 3 is 1.77 bits per heavy atom. The number of nitrogens with two attached hydrogens (primary N) is 2. The van der Waals surface area contributed by atoms with Crippen LogP contribution in [0.3, 0.4) is 0 Å². The van der Waals surface area contributed by atoms with Gasteiger partial charge in [0.2, 0.25) is 23.6 Å². The molecule has 0 saturated heterocycles. The van der Waals surface area contributed by atoms with Gasteiger partial charge in [0, 0.05) is 0 Å². The lowest BCUT2D eigenvalue weighted by molar-refractivity contribution is -0.144. The van der Waals surface area contributed by atoms with Gasteiger partial charge in [-0.05, 0) is 18.4 Å². The minimum Gasteiger partial charge on any atom is -0.481 e.